The molecule has 1 aromatic heterocycles. The van der Waals surface area contributed by atoms with Crippen molar-refractivity contribution < 1.29 is 9.18 Å². The second-order valence-electron chi connectivity index (χ2n) is 6.30. The highest BCUT2D eigenvalue weighted by Gasteiger charge is 2.42. The third-order valence-corrected chi connectivity index (χ3v) is 4.69. The van der Waals surface area contributed by atoms with Crippen LogP contribution < -0.4 is 0 Å². The molecule has 2 aromatic carbocycles. The number of carbonyl (C=O) groups excluding carboxylic acids is 1. The van der Waals surface area contributed by atoms with Crippen LogP contribution in [-0.2, 0) is 7.05 Å². The molecular weight excluding hydrogens is 329 g/mol. The number of nitrogens with zero attached hydrogens (tertiary/aromatic N) is 3. The van der Waals surface area contributed by atoms with E-state index in [9.17, 15) is 9.18 Å². The van der Waals surface area contributed by atoms with Gasteiger partial charge in [-0.15, -0.1) is 6.58 Å². The molecule has 1 aliphatic heterocycles. The average Bonchev–Trinajstić information content (AvgIpc) is 3.11. The maximum atomic E-state index is 13.4. The van der Waals surface area contributed by atoms with Crippen LogP contribution in [0.5, 0.6) is 0 Å². The van der Waals surface area contributed by atoms with Crippen LogP contribution in [0.2, 0.25) is 0 Å². The van der Waals surface area contributed by atoms with Crippen molar-refractivity contribution in [2.45, 2.75) is 6.04 Å². The minimum atomic E-state index is -0.319. The van der Waals surface area contributed by atoms with Crippen molar-refractivity contribution in [3.63, 3.8) is 0 Å². The number of halogens is 1. The molecule has 1 atom stereocenters. The van der Waals surface area contributed by atoms with Crippen LogP contribution in [0.4, 0.5) is 4.39 Å². The lowest BCUT2D eigenvalue weighted by molar-refractivity contribution is 0.0763. The molecular formula is C21H18FN3O. The summed E-state index contributed by atoms with van der Waals surface area (Å²) in [6.45, 7) is 4.16. The minimum Gasteiger partial charge on any atom is -0.322 e. The quantitative estimate of drug-likeness (QED) is 0.670. The van der Waals surface area contributed by atoms with E-state index in [1.54, 1.807) is 27.8 Å². The summed E-state index contributed by atoms with van der Waals surface area (Å²) in [6, 6.07) is 15.8. The van der Waals surface area contributed by atoms with Gasteiger partial charge in [0.05, 0.1) is 11.7 Å². The largest absolute Gasteiger partial charge is 0.322 e. The van der Waals surface area contributed by atoms with E-state index in [1.807, 2.05) is 37.4 Å². The van der Waals surface area contributed by atoms with Crippen LogP contribution in [-0.4, -0.2) is 27.1 Å². The van der Waals surface area contributed by atoms with E-state index < -0.39 is 0 Å². The van der Waals surface area contributed by atoms with Crippen LogP contribution in [0.3, 0.4) is 0 Å². The second-order valence-corrected chi connectivity index (χ2v) is 6.30. The number of hydrogen-bond acceptors (Lipinski definition) is 2. The molecule has 4 nitrogen and oxygen atoms in total. The number of fused-ring (bicyclic) bond motifs is 1. The number of benzene rings is 2. The van der Waals surface area contributed by atoms with Crippen molar-refractivity contribution in [2.24, 2.45) is 7.05 Å². The highest BCUT2D eigenvalue weighted by molar-refractivity contribution is 6.00. The Morgan fingerprint density at radius 1 is 1.15 bits per heavy atom. The van der Waals surface area contributed by atoms with Gasteiger partial charge in [-0.2, -0.15) is 5.10 Å². The van der Waals surface area contributed by atoms with Crippen LogP contribution in [0.15, 0.2) is 67.3 Å². The minimum absolute atomic E-state index is 0.132. The molecule has 26 heavy (non-hydrogen) atoms. The molecule has 3 aromatic rings. The Labute approximate surface area is 151 Å². The second kappa shape index (κ2) is 6.26. The summed E-state index contributed by atoms with van der Waals surface area (Å²) in [4.78, 5) is 14.7. The summed E-state index contributed by atoms with van der Waals surface area (Å²) < 4.78 is 15.2. The number of hydrogen-bond donors (Lipinski definition) is 0. The molecule has 0 N–H and O–H groups in total. The fourth-order valence-electron chi connectivity index (χ4n) is 3.62. The van der Waals surface area contributed by atoms with E-state index >= 15 is 0 Å². The topological polar surface area (TPSA) is 38.1 Å². The molecule has 0 radical (unpaired) electrons. The summed E-state index contributed by atoms with van der Waals surface area (Å²) in [5, 5.41) is 4.49. The first kappa shape index (κ1) is 16.3. The third-order valence-electron chi connectivity index (χ3n) is 4.69. The van der Waals surface area contributed by atoms with E-state index in [1.165, 1.54) is 12.1 Å². The SMILES string of the molecule is C=CCN1C(=O)c2nn(C)c(-c3ccccc3)c2C1c1ccc(F)cc1. The first-order valence-electron chi connectivity index (χ1n) is 8.41. The predicted octanol–water partition coefficient (Wildman–Crippen LogP) is 3.96. The average molecular weight is 347 g/mol. The molecule has 0 bridgehead atoms. The molecule has 130 valence electrons. The van der Waals surface area contributed by atoms with Gasteiger partial charge in [-0.05, 0) is 17.7 Å². The van der Waals surface area contributed by atoms with Crippen molar-refractivity contribution in [3.8, 4) is 11.3 Å². The third kappa shape index (κ3) is 2.44. The highest BCUT2D eigenvalue weighted by Crippen LogP contribution is 2.43. The molecule has 0 saturated heterocycles. The molecule has 1 amide bonds. The molecule has 0 saturated carbocycles. The van der Waals surface area contributed by atoms with Gasteiger partial charge >= 0.3 is 0 Å². The Bertz CT molecular complexity index is 976. The zero-order valence-electron chi connectivity index (χ0n) is 14.4. The molecule has 5 heteroatoms. The van der Waals surface area contributed by atoms with Crippen molar-refractivity contribution in [3.05, 3.63) is 89.9 Å². The smallest absolute Gasteiger partial charge is 0.275 e. The fraction of sp³-hybridized carbons (Fsp3) is 0.143. The summed E-state index contributed by atoms with van der Waals surface area (Å²) in [5.74, 6) is -0.435. The highest BCUT2D eigenvalue weighted by atomic mass is 19.1. The number of aromatic nitrogens is 2. The Morgan fingerprint density at radius 3 is 2.50 bits per heavy atom. The Kier molecular flexibility index (Phi) is 3.92. The summed E-state index contributed by atoms with van der Waals surface area (Å²) in [5.41, 5.74) is 4.05. The van der Waals surface area contributed by atoms with Gasteiger partial charge in [-0.3, -0.25) is 9.48 Å². The van der Waals surface area contributed by atoms with Crippen LogP contribution in [0.1, 0.15) is 27.7 Å². The zero-order valence-corrected chi connectivity index (χ0v) is 14.4. The molecule has 4 rings (SSSR count). The van der Waals surface area contributed by atoms with Gasteiger partial charge in [0, 0.05) is 24.7 Å². The molecule has 2 heterocycles. The lowest BCUT2D eigenvalue weighted by atomic mass is 9.96. The predicted molar refractivity (Wildman–Crippen MR) is 98.1 cm³/mol. The van der Waals surface area contributed by atoms with E-state index in [4.69, 9.17) is 0 Å². The van der Waals surface area contributed by atoms with Gasteiger partial charge in [0.25, 0.3) is 5.91 Å². The zero-order chi connectivity index (χ0) is 18.3. The maximum absolute atomic E-state index is 13.4. The number of amides is 1. The van der Waals surface area contributed by atoms with E-state index in [-0.39, 0.29) is 17.8 Å². The van der Waals surface area contributed by atoms with Crippen molar-refractivity contribution >= 4 is 5.91 Å². The Hall–Kier alpha value is -3.21. The molecule has 0 spiro atoms. The van der Waals surface area contributed by atoms with E-state index in [2.05, 4.69) is 11.7 Å². The van der Waals surface area contributed by atoms with Gasteiger partial charge < -0.3 is 4.90 Å². The van der Waals surface area contributed by atoms with Gasteiger partial charge in [0.1, 0.15) is 5.82 Å². The molecule has 0 fully saturated rings. The van der Waals surface area contributed by atoms with Crippen molar-refractivity contribution in [1.82, 2.24) is 14.7 Å². The summed E-state index contributed by atoms with van der Waals surface area (Å²) in [6.07, 6.45) is 1.70. The maximum Gasteiger partial charge on any atom is 0.275 e. The number of aryl methyl sites for hydroxylation is 1. The van der Waals surface area contributed by atoms with E-state index in [0.29, 0.717) is 12.2 Å². The summed E-state index contributed by atoms with van der Waals surface area (Å²) >= 11 is 0. The van der Waals surface area contributed by atoms with Gasteiger partial charge in [-0.25, -0.2) is 4.39 Å². The van der Waals surface area contributed by atoms with Crippen LogP contribution in [0.25, 0.3) is 11.3 Å². The first-order chi connectivity index (χ1) is 12.6. The van der Waals surface area contributed by atoms with Gasteiger partial charge in [-0.1, -0.05) is 48.5 Å². The molecule has 1 aliphatic rings. The first-order valence-corrected chi connectivity index (χ1v) is 8.41. The molecule has 1 unspecified atom stereocenters. The van der Waals surface area contributed by atoms with Crippen LogP contribution >= 0.6 is 0 Å². The number of carbonyl (C=O) groups is 1. The number of rotatable bonds is 4. The lowest BCUT2D eigenvalue weighted by Gasteiger charge is -2.25. The van der Waals surface area contributed by atoms with E-state index in [0.717, 1.165) is 22.4 Å². The summed E-state index contributed by atoms with van der Waals surface area (Å²) in [7, 11) is 1.84. The van der Waals surface area contributed by atoms with Gasteiger partial charge in [0.15, 0.2) is 5.69 Å². The molecule has 0 aliphatic carbocycles. The normalized spacial score (nSPS) is 16.0. The van der Waals surface area contributed by atoms with Crippen molar-refractivity contribution in [1.29, 1.82) is 0 Å². The van der Waals surface area contributed by atoms with Gasteiger partial charge in [0.2, 0.25) is 0 Å². The standard InChI is InChI=1S/C21H18FN3O/c1-3-13-25-20(15-9-11-16(22)12-10-15)17-18(21(25)26)23-24(2)19(17)14-7-5-4-6-8-14/h3-12,20H,1,13H2,2H3. The lowest BCUT2D eigenvalue weighted by Crippen LogP contribution is -2.30. The monoisotopic (exact) mass is 347 g/mol. The Morgan fingerprint density at radius 2 is 1.85 bits per heavy atom. The fourth-order valence-corrected chi connectivity index (χ4v) is 3.62. The van der Waals surface area contributed by atoms with Crippen LogP contribution in [0, 0.1) is 5.82 Å². The Balaban J connectivity index is 1.95. The van der Waals surface area contributed by atoms with Crippen molar-refractivity contribution in [2.75, 3.05) is 6.54 Å².